The van der Waals surface area contributed by atoms with Crippen molar-refractivity contribution in [2.45, 2.75) is 23.7 Å². The zero-order valence-electron chi connectivity index (χ0n) is 8.78. The second kappa shape index (κ2) is 5.01. The van der Waals surface area contributed by atoms with Crippen LogP contribution in [0.25, 0.3) is 0 Å². The van der Waals surface area contributed by atoms with E-state index in [-0.39, 0.29) is 12.5 Å². The first-order valence-electron chi connectivity index (χ1n) is 5.41. The largest absolute Gasteiger partial charge is 0.396 e. The molecule has 1 heterocycles. The second-order valence-electron chi connectivity index (χ2n) is 3.93. The monoisotopic (exact) mass is 223 g/mol. The maximum absolute atomic E-state index is 9.20. The van der Waals surface area contributed by atoms with Crippen LogP contribution in [0.15, 0.2) is 23.1 Å². The summed E-state index contributed by atoms with van der Waals surface area (Å²) in [5.41, 5.74) is 8.23. The van der Waals surface area contributed by atoms with Gasteiger partial charge in [0.15, 0.2) is 0 Å². The van der Waals surface area contributed by atoms with Gasteiger partial charge in [-0.1, -0.05) is 12.1 Å². The van der Waals surface area contributed by atoms with E-state index in [4.69, 9.17) is 5.73 Å². The number of aliphatic hydroxyl groups excluding tert-OH is 1. The van der Waals surface area contributed by atoms with Gasteiger partial charge in [0.25, 0.3) is 0 Å². The van der Waals surface area contributed by atoms with Gasteiger partial charge >= 0.3 is 0 Å². The summed E-state index contributed by atoms with van der Waals surface area (Å²) in [6, 6.07) is 6.49. The number of benzene rings is 1. The third-order valence-corrected chi connectivity index (χ3v) is 4.11. The number of aryl methyl sites for hydroxylation is 1. The molecule has 0 aromatic heterocycles. The van der Waals surface area contributed by atoms with Crippen LogP contribution in [0.5, 0.6) is 0 Å². The van der Waals surface area contributed by atoms with Crippen molar-refractivity contribution >= 4 is 11.8 Å². The highest BCUT2D eigenvalue weighted by molar-refractivity contribution is 7.99. The van der Waals surface area contributed by atoms with Crippen LogP contribution in [0.1, 0.15) is 23.5 Å². The molecule has 3 N–H and O–H groups in total. The summed E-state index contributed by atoms with van der Waals surface area (Å²) in [7, 11) is 0. The number of rotatable bonds is 3. The molecule has 15 heavy (non-hydrogen) atoms. The minimum atomic E-state index is 0.0993. The SMILES string of the molecule is NCC(CO)c1ccc2c(c1)CCCS2. The Morgan fingerprint density at radius 3 is 3.07 bits per heavy atom. The van der Waals surface area contributed by atoms with E-state index in [0.29, 0.717) is 6.54 Å². The Labute approximate surface area is 94.9 Å². The van der Waals surface area contributed by atoms with Crippen LogP contribution in [0.2, 0.25) is 0 Å². The fourth-order valence-electron chi connectivity index (χ4n) is 1.95. The molecule has 0 spiro atoms. The summed E-state index contributed by atoms with van der Waals surface area (Å²) in [6.07, 6.45) is 2.42. The number of aliphatic hydroxyl groups is 1. The fraction of sp³-hybridized carbons (Fsp3) is 0.500. The van der Waals surface area contributed by atoms with Gasteiger partial charge in [0.2, 0.25) is 0 Å². The zero-order valence-corrected chi connectivity index (χ0v) is 9.59. The van der Waals surface area contributed by atoms with E-state index >= 15 is 0 Å². The summed E-state index contributed by atoms with van der Waals surface area (Å²) in [4.78, 5) is 1.40. The van der Waals surface area contributed by atoms with E-state index in [1.807, 2.05) is 11.8 Å². The Morgan fingerprint density at radius 2 is 2.33 bits per heavy atom. The van der Waals surface area contributed by atoms with Crippen molar-refractivity contribution in [3.05, 3.63) is 29.3 Å². The lowest BCUT2D eigenvalue weighted by atomic mass is 9.96. The van der Waals surface area contributed by atoms with Crippen LogP contribution in [-0.4, -0.2) is 24.0 Å². The second-order valence-corrected chi connectivity index (χ2v) is 5.07. The topological polar surface area (TPSA) is 46.2 Å². The number of hydrogen-bond donors (Lipinski definition) is 2. The molecule has 0 saturated carbocycles. The maximum Gasteiger partial charge on any atom is 0.0511 e. The molecule has 0 amide bonds. The van der Waals surface area contributed by atoms with E-state index in [1.165, 1.54) is 34.6 Å². The predicted octanol–water partition coefficient (Wildman–Crippen LogP) is 1.76. The van der Waals surface area contributed by atoms with Gasteiger partial charge in [0.05, 0.1) is 6.61 Å². The van der Waals surface area contributed by atoms with Crippen LogP contribution in [0.4, 0.5) is 0 Å². The van der Waals surface area contributed by atoms with Crippen molar-refractivity contribution in [3.8, 4) is 0 Å². The Kier molecular flexibility index (Phi) is 3.67. The van der Waals surface area contributed by atoms with E-state index in [2.05, 4.69) is 18.2 Å². The smallest absolute Gasteiger partial charge is 0.0511 e. The van der Waals surface area contributed by atoms with Crippen LogP contribution < -0.4 is 5.73 Å². The molecule has 3 heteroatoms. The molecule has 82 valence electrons. The quantitative estimate of drug-likeness (QED) is 0.821. The molecule has 1 atom stereocenters. The van der Waals surface area contributed by atoms with E-state index < -0.39 is 0 Å². The minimum absolute atomic E-state index is 0.0993. The fourth-order valence-corrected chi connectivity index (χ4v) is 2.97. The molecule has 2 rings (SSSR count). The van der Waals surface area contributed by atoms with Gasteiger partial charge in [-0.15, -0.1) is 11.8 Å². The van der Waals surface area contributed by atoms with Crippen molar-refractivity contribution < 1.29 is 5.11 Å². The minimum Gasteiger partial charge on any atom is -0.396 e. The summed E-state index contributed by atoms with van der Waals surface area (Å²) >= 11 is 1.93. The van der Waals surface area contributed by atoms with Crippen LogP contribution >= 0.6 is 11.8 Å². The first kappa shape index (κ1) is 11.0. The normalized spacial score (nSPS) is 17.2. The van der Waals surface area contributed by atoms with E-state index in [1.54, 1.807) is 0 Å². The average molecular weight is 223 g/mol. The Balaban J connectivity index is 2.27. The first-order chi connectivity index (χ1) is 7.35. The van der Waals surface area contributed by atoms with Crippen LogP contribution in [-0.2, 0) is 6.42 Å². The summed E-state index contributed by atoms with van der Waals surface area (Å²) in [5, 5.41) is 9.20. The standard InChI is InChI=1S/C12H17NOS/c13-7-11(8-14)9-3-4-12-10(6-9)2-1-5-15-12/h3-4,6,11,14H,1-2,5,7-8,13H2. The van der Waals surface area contributed by atoms with Crippen molar-refractivity contribution in [1.82, 2.24) is 0 Å². The molecule has 1 aliphatic rings. The van der Waals surface area contributed by atoms with Crippen LogP contribution in [0, 0.1) is 0 Å². The summed E-state index contributed by atoms with van der Waals surface area (Å²) < 4.78 is 0. The molecular weight excluding hydrogens is 206 g/mol. The van der Waals surface area contributed by atoms with Crippen molar-refractivity contribution in [3.63, 3.8) is 0 Å². The van der Waals surface area contributed by atoms with Gasteiger partial charge in [-0.3, -0.25) is 0 Å². The summed E-state index contributed by atoms with van der Waals surface area (Å²) in [5.74, 6) is 1.33. The number of thioether (sulfide) groups is 1. The molecule has 1 unspecified atom stereocenters. The van der Waals surface area contributed by atoms with Gasteiger partial charge in [0, 0.05) is 17.4 Å². The molecular formula is C12H17NOS. The molecule has 0 radical (unpaired) electrons. The number of fused-ring (bicyclic) bond motifs is 1. The molecule has 0 aliphatic carbocycles. The van der Waals surface area contributed by atoms with Crippen molar-refractivity contribution in [2.24, 2.45) is 5.73 Å². The Morgan fingerprint density at radius 1 is 1.47 bits per heavy atom. The third-order valence-electron chi connectivity index (χ3n) is 2.91. The lowest BCUT2D eigenvalue weighted by Gasteiger charge is -2.19. The molecule has 0 bridgehead atoms. The highest BCUT2D eigenvalue weighted by Gasteiger charge is 2.13. The van der Waals surface area contributed by atoms with Crippen LogP contribution in [0.3, 0.4) is 0 Å². The van der Waals surface area contributed by atoms with Crippen molar-refractivity contribution in [2.75, 3.05) is 18.9 Å². The third kappa shape index (κ3) is 2.36. The lowest BCUT2D eigenvalue weighted by Crippen LogP contribution is -2.16. The number of nitrogens with two attached hydrogens (primary N) is 1. The first-order valence-corrected chi connectivity index (χ1v) is 6.40. The molecule has 0 fully saturated rings. The maximum atomic E-state index is 9.20. The molecule has 2 nitrogen and oxygen atoms in total. The van der Waals surface area contributed by atoms with Gasteiger partial charge < -0.3 is 10.8 Å². The highest BCUT2D eigenvalue weighted by Crippen LogP contribution is 2.31. The summed E-state index contributed by atoms with van der Waals surface area (Å²) in [6.45, 7) is 0.658. The average Bonchev–Trinajstić information content (AvgIpc) is 2.30. The molecule has 1 aromatic carbocycles. The van der Waals surface area contributed by atoms with Gasteiger partial charge in [0.1, 0.15) is 0 Å². The van der Waals surface area contributed by atoms with Gasteiger partial charge in [-0.05, 0) is 35.8 Å². The zero-order chi connectivity index (χ0) is 10.7. The van der Waals surface area contributed by atoms with E-state index in [0.717, 1.165) is 0 Å². The van der Waals surface area contributed by atoms with Gasteiger partial charge in [-0.25, -0.2) is 0 Å². The Hall–Kier alpha value is -0.510. The number of hydrogen-bond acceptors (Lipinski definition) is 3. The van der Waals surface area contributed by atoms with E-state index in [9.17, 15) is 5.11 Å². The van der Waals surface area contributed by atoms with Crippen molar-refractivity contribution in [1.29, 1.82) is 0 Å². The highest BCUT2D eigenvalue weighted by atomic mass is 32.2. The Bertz CT molecular complexity index is 336. The predicted molar refractivity (Wildman–Crippen MR) is 64.4 cm³/mol. The van der Waals surface area contributed by atoms with Gasteiger partial charge in [-0.2, -0.15) is 0 Å². The molecule has 1 aliphatic heterocycles. The molecule has 1 aromatic rings. The molecule has 0 saturated heterocycles. The lowest BCUT2D eigenvalue weighted by molar-refractivity contribution is 0.268.